The molecule has 7 heteroatoms. The molecule has 0 aromatic carbocycles. The number of pyridine rings is 1. The predicted molar refractivity (Wildman–Crippen MR) is 67.4 cm³/mol. The minimum atomic E-state index is -4.56. The van der Waals surface area contributed by atoms with Crippen molar-refractivity contribution in [1.29, 1.82) is 0 Å². The maximum Gasteiger partial charge on any atom is 0.433 e. The van der Waals surface area contributed by atoms with Gasteiger partial charge in [0.25, 0.3) is 0 Å². The Balaban J connectivity index is 2.41. The molecular weight excluding hydrogens is 295 g/mol. The maximum absolute atomic E-state index is 12.6. The van der Waals surface area contributed by atoms with Gasteiger partial charge in [-0.3, -0.25) is 0 Å². The molecule has 0 amide bonds. The Bertz CT molecular complexity index is 495. The van der Waals surface area contributed by atoms with Gasteiger partial charge in [0.15, 0.2) is 0 Å². The van der Waals surface area contributed by atoms with Crippen molar-refractivity contribution in [1.82, 2.24) is 4.98 Å². The highest BCUT2D eigenvalue weighted by molar-refractivity contribution is 6.30. The van der Waals surface area contributed by atoms with Gasteiger partial charge in [0.1, 0.15) is 16.4 Å². The van der Waals surface area contributed by atoms with Crippen molar-refractivity contribution in [2.45, 2.75) is 43.6 Å². The summed E-state index contributed by atoms with van der Waals surface area (Å²) >= 11 is 5.85. The molecule has 1 fully saturated rings. The normalized spacial score (nSPS) is 27.6. The number of ether oxygens (including phenoxy) is 1. The Labute approximate surface area is 119 Å². The summed E-state index contributed by atoms with van der Waals surface area (Å²) in [5.41, 5.74) is -2.26. The second-order valence-electron chi connectivity index (χ2n) is 4.93. The van der Waals surface area contributed by atoms with Crippen molar-refractivity contribution >= 4 is 11.6 Å². The van der Waals surface area contributed by atoms with Crippen LogP contribution in [0.2, 0.25) is 5.15 Å². The minimum absolute atomic E-state index is 0.193. The molecule has 1 aromatic rings. The molecule has 20 heavy (non-hydrogen) atoms. The molecule has 2 rings (SSSR count). The van der Waals surface area contributed by atoms with E-state index in [-0.39, 0.29) is 10.7 Å². The summed E-state index contributed by atoms with van der Waals surface area (Å²) in [6.45, 7) is 0. The van der Waals surface area contributed by atoms with Crippen molar-refractivity contribution in [3.8, 4) is 0 Å². The lowest BCUT2D eigenvalue weighted by molar-refractivity contribution is -0.141. The molecule has 0 radical (unpaired) electrons. The molecule has 1 heterocycles. The van der Waals surface area contributed by atoms with Gasteiger partial charge in [-0.1, -0.05) is 30.5 Å². The Hall–Kier alpha value is -0.850. The van der Waals surface area contributed by atoms with Crippen molar-refractivity contribution in [2.75, 3.05) is 7.11 Å². The summed E-state index contributed by atoms with van der Waals surface area (Å²) < 4.78 is 43.0. The van der Waals surface area contributed by atoms with E-state index in [0.29, 0.717) is 12.8 Å². The van der Waals surface area contributed by atoms with Crippen LogP contribution < -0.4 is 0 Å². The number of hydrogen-bond donors (Lipinski definition) is 1. The first-order chi connectivity index (χ1) is 9.29. The lowest BCUT2D eigenvalue weighted by Gasteiger charge is -2.39. The summed E-state index contributed by atoms with van der Waals surface area (Å²) in [4.78, 5) is 3.36. The van der Waals surface area contributed by atoms with Crippen LogP contribution in [0.15, 0.2) is 12.1 Å². The van der Waals surface area contributed by atoms with Crippen LogP contribution in [0.1, 0.15) is 36.9 Å². The smallest absolute Gasteiger partial charge is 0.382 e. The standard InChI is InChI=1S/C13H15ClF3NO2/c1-20-10-4-2-3-7-12(10,19)8-5-6-9(13(15,16)17)18-11(8)14/h5-6,10,19H,2-4,7H2,1H3. The first kappa shape index (κ1) is 15.5. The van der Waals surface area contributed by atoms with E-state index < -0.39 is 23.6 Å². The molecule has 0 saturated heterocycles. The molecule has 0 spiro atoms. The summed E-state index contributed by atoms with van der Waals surface area (Å²) in [7, 11) is 1.46. The van der Waals surface area contributed by atoms with Gasteiger partial charge in [-0.15, -0.1) is 0 Å². The molecule has 1 aromatic heterocycles. The molecule has 112 valence electrons. The van der Waals surface area contributed by atoms with Crippen LogP contribution in [0, 0.1) is 0 Å². The van der Waals surface area contributed by atoms with E-state index in [9.17, 15) is 18.3 Å². The highest BCUT2D eigenvalue weighted by atomic mass is 35.5. The fourth-order valence-corrected chi connectivity index (χ4v) is 2.98. The van der Waals surface area contributed by atoms with Gasteiger partial charge >= 0.3 is 6.18 Å². The van der Waals surface area contributed by atoms with Crippen LogP contribution in [0.4, 0.5) is 13.2 Å². The fraction of sp³-hybridized carbons (Fsp3) is 0.615. The molecule has 2 unspecified atom stereocenters. The number of halogens is 4. The third-order valence-corrected chi connectivity index (χ3v) is 3.99. The molecule has 1 aliphatic carbocycles. The molecule has 1 aliphatic rings. The largest absolute Gasteiger partial charge is 0.433 e. The van der Waals surface area contributed by atoms with Gasteiger partial charge in [0.05, 0.1) is 6.10 Å². The number of aromatic nitrogens is 1. The van der Waals surface area contributed by atoms with E-state index >= 15 is 0 Å². The second-order valence-corrected chi connectivity index (χ2v) is 5.29. The van der Waals surface area contributed by atoms with Crippen LogP contribution in [-0.4, -0.2) is 23.3 Å². The van der Waals surface area contributed by atoms with E-state index in [1.165, 1.54) is 13.2 Å². The van der Waals surface area contributed by atoms with E-state index in [1.807, 2.05) is 0 Å². The number of alkyl halides is 3. The van der Waals surface area contributed by atoms with Gasteiger partial charge in [0, 0.05) is 12.7 Å². The quantitative estimate of drug-likeness (QED) is 0.850. The highest BCUT2D eigenvalue weighted by Gasteiger charge is 2.43. The Morgan fingerprint density at radius 2 is 2.10 bits per heavy atom. The second kappa shape index (κ2) is 5.50. The minimum Gasteiger partial charge on any atom is -0.382 e. The van der Waals surface area contributed by atoms with Crippen LogP contribution in [-0.2, 0) is 16.5 Å². The summed E-state index contributed by atoms with van der Waals surface area (Å²) in [6.07, 6.45) is -2.38. The van der Waals surface area contributed by atoms with Crippen LogP contribution in [0.25, 0.3) is 0 Å². The van der Waals surface area contributed by atoms with Gasteiger partial charge in [-0.05, 0) is 18.9 Å². The average Bonchev–Trinajstić information content (AvgIpc) is 2.37. The monoisotopic (exact) mass is 309 g/mol. The molecule has 2 atom stereocenters. The first-order valence-corrected chi connectivity index (χ1v) is 6.66. The van der Waals surface area contributed by atoms with Crippen LogP contribution >= 0.6 is 11.6 Å². The zero-order chi connectivity index (χ0) is 15.0. The van der Waals surface area contributed by atoms with Crippen molar-refractivity contribution < 1.29 is 23.0 Å². The highest BCUT2D eigenvalue weighted by Crippen LogP contribution is 2.42. The van der Waals surface area contributed by atoms with Crippen LogP contribution in [0.3, 0.4) is 0 Å². The lowest BCUT2D eigenvalue weighted by atomic mass is 9.77. The van der Waals surface area contributed by atoms with E-state index in [1.54, 1.807) is 0 Å². The first-order valence-electron chi connectivity index (χ1n) is 6.28. The lowest BCUT2D eigenvalue weighted by Crippen LogP contribution is -2.43. The summed E-state index contributed by atoms with van der Waals surface area (Å²) in [5.74, 6) is 0. The molecule has 3 nitrogen and oxygen atoms in total. The van der Waals surface area contributed by atoms with Gasteiger partial charge < -0.3 is 9.84 Å². The van der Waals surface area contributed by atoms with Crippen LogP contribution in [0.5, 0.6) is 0 Å². The Morgan fingerprint density at radius 3 is 2.65 bits per heavy atom. The Kier molecular flexibility index (Phi) is 4.27. The number of hydrogen-bond acceptors (Lipinski definition) is 3. The number of aliphatic hydroxyl groups is 1. The van der Waals surface area contributed by atoms with Gasteiger partial charge in [0.2, 0.25) is 0 Å². The molecular formula is C13H15ClF3NO2. The van der Waals surface area contributed by atoms with Crippen molar-refractivity contribution in [3.63, 3.8) is 0 Å². The SMILES string of the molecule is COC1CCCCC1(O)c1ccc(C(F)(F)F)nc1Cl. The topological polar surface area (TPSA) is 42.4 Å². The molecule has 1 N–H and O–H groups in total. The Morgan fingerprint density at radius 1 is 1.40 bits per heavy atom. The van der Waals surface area contributed by atoms with E-state index in [4.69, 9.17) is 16.3 Å². The predicted octanol–water partition coefficient (Wildman–Crippen LogP) is 3.53. The number of methoxy groups -OCH3 is 1. The summed E-state index contributed by atoms with van der Waals surface area (Å²) in [6, 6.07) is 2.02. The molecule has 0 aliphatic heterocycles. The third-order valence-electron chi connectivity index (χ3n) is 3.70. The van der Waals surface area contributed by atoms with E-state index in [2.05, 4.69) is 4.98 Å². The van der Waals surface area contributed by atoms with Crippen molar-refractivity contribution in [3.05, 3.63) is 28.5 Å². The van der Waals surface area contributed by atoms with Crippen molar-refractivity contribution in [2.24, 2.45) is 0 Å². The number of rotatable bonds is 2. The number of nitrogens with zero attached hydrogens (tertiary/aromatic N) is 1. The molecule has 1 saturated carbocycles. The fourth-order valence-electron chi connectivity index (χ4n) is 2.66. The zero-order valence-electron chi connectivity index (χ0n) is 10.9. The van der Waals surface area contributed by atoms with Gasteiger partial charge in [-0.2, -0.15) is 13.2 Å². The maximum atomic E-state index is 12.6. The molecule has 0 bridgehead atoms. The summed E-state index contributed by atoms with van der Waals surface area (Å²) in [5, 5.41) is 10.4. The third kappa shape index (κ3) is 2.77. The van der Waals surface area contributed by atoms with E-state index in [0.717, 1.165) is 18.9 Å². The van der Waals surface area contributed by atoms with Gasteiger partial charge in [-0.25, -0.2) is 4.98 Å². The zero-order valence-corrected chi connectivity index (χ0v) is 11.6. The average molecular weight is 310 g/mol.